The zero-order chi connectivity index (χ0) is 12.8. The van der Waals surface area contributed by atoms with Crippen LogP contribution in [0, 0.1) is 0 Å². The minimum atomic E-state index is 0.233. The Bertz CT molecular complexity index is 231. The molecular formula is C14H27NO3. The summed E-state index contributed by atoms with van der Waals surface area (Å²) in [6, 6.07) is 0.476. The summed E-state index contributed by atoms with van der Waals surface area (Å²) >= 11 is 0. The van der Waals surface area contributed by atoms with Gasteiger partial charge in [-0.1, -0.05) is 13.8 Å². The van der Waals surface area contributed by atoms with E-state index in [2.05, 4.69) is 19.2 Å². The minimum absolute atomic E-state index is 0.233. The van der Waals surface area contributed by atoms with Gasteiger partial charge >= 0.3 is 0 Å². The van der Waals surface area contributed by atoms with Gasteiger partial charge in [-0.05, 0) is 32.2 Å². The van der Waals surface area contributed by atoms with E-state index < -0.39 is 0 Å². The molecule has 4 nitrogen and oxygen atoms in total. The predicted octanol–water partition coefficient (Wildman–Crippen LogP) is 1.73. The van der Waals surface area contributed by atoms with Gasteiger partial charge in [-0.3, -0.25) is 0 Å². The summed E-state index contributed by atoms with van der Waals surface area (Å²) in [6.07, 6.45) is 5.12. The van der Waals surface area contributed by atoms with Crippen molar-refractivity contribution in [2.24, 2.45) is 0 Å². The van der Waals surface area contributed by atoms with E-state index in [1.165, 1.54) is 6.42 Å². The van der Waals surface area contributed by atoms with Gasteiger partial charge in [-0.25, -0.2) is 0 Å². The fourth-order valence-corrected chi connectivity index (χ4v) is 2.59. The molecule has 2 rings (SSSR count). The molecule has 0 amide bonds. The second-order valence-electron chi connectivity index (χ2n) is 5.29. The molecule has 1 aliphatic heterocycles. The highest BCUT2D eigenvalue weighted by atomic mass is 16.6. The lowest BCUT2D eigenvalue weighted by atomic mass is 9.84. The maximum absolute atomic E-state index is 6.08. The quantitative estimate of drug-likeness (QED) is 0.719. The first kappa shape index (κ1) is 14.3. The second kappa shape index (κ2) is 7.43. The average Bonchev–Trinajstić information content (AvgIpc) is 2.86. The lowest BCUT2D eigenvalue weighted by Crippen LogP contribution is -2.61. The fraction of sp³-hybridized carbons (Fsp3) is 1.00. The van der Waals surface area contributed by atoms with Gasteiger partial charge in [0.1, 0.15) is 0 Å². The van der Waals surface area contributed by atoms with Crippen LogP contribution in [-0.2, 0) is 14.2 Å². The molecule has 0 aromatic heterocycles. The fourth-order valence-electron chi connectivity index (χ4n) is 2.59. The van der Waals surface area contributed by atoms with Crippen molar-refractivity contribution in [1.29, 1.82) is 0 Å². The van der Waals surface area contributed by atoms with Crippen LogP contribution in [0.4, 0.5) is 0 Å². The molecule has 4 heteroatoms. The van der Waals surface area contributed by atoms with Crippen LogP contribution >= 0.6 is 0 Å². The maximum Gasteiger partial charge on any atom is 0.0990 e. The van der Waals surface area contributed by atoms with E-state index in [1.807, 2.05) is 0 Å². The molecule has 4 unspecified atom stereocenters. The lowest BCUT2D eigenvalue weighted by molar-refractivity contribution is -0.167. The van der Waals surface area contributed by atoms with Crippen molar-refractivity contribution < 1.29 is 14.2 Å². The highest BCUT2D eigenvalue weighted by Crippen LogP contribution is 2.30. The van der Waals surface area contributed by atoms with E-state index in [0.717, 1.165) is 45.6 Å². The van der Waals surface area contributed by atoms with Crippen molar-refractivity contribution >= 4 is 0 Å². The van der Waals surface area contributed by atoms with Gasteiger partial charge in [0.05, 0.1) is 24.9 Å². The van der Waals surface area contributed by atoms with Gasteiger partial charge < -0.3 is 19.5 Å². The molecular weight excluding hydrogens is 230 g/mol. The Kier molecular flexibility index (Phi) is 5.89. The van der Waals surface area contributed by atoms with Crippen LogP contribution in [-0.4, -0.2) is 50.7 Å². The molecule has 106 valence electrons. The molecule has 0 bridgehead atoms. The standard InChI is InChI=1S/C14H27NO3/c1-3-6-15-12-9-13(14(12)17-7-4-2)18-11-5-8-16-10-11/h11-15H,3-10H2,1-2H3. The van der Waals surface area contributed by atoms with Gasteiger partial charge in [0, 0.05) is 19.3 Å². The Morgan fingerprint density at radius 1 is 1.28 bits per heavy atom. The van der Waals surface area contributed by atoms with Crippen molar-refractivity contribution in [1.82, 2.24) is 5.32 Å². The zero-order valence-corrected chi connectivity index (χ0v) is 11.7. The van der Waals surface area contributed by atoms with Crippen LogP contribution in [0.1, 0.15) is 39.5 Å². The van der Waals surface area contributed by atoms with Crippen LogP contribution in [0.15, 0.2) is 0 Å². The van der Waals surface area contributed by atoms with Gasteiger partial charge in [-0.15, -0.1) is 0 Å². The van der Waals surface area contributed by atoms with E-state index in [0.29, 0.717) is 6.04 Å². The third kappa shape index (κ3) is 3.67. The zero-order valence-electron chi connectivity index (χ0n) is 11.7. The first-order valence-corrected chi connectivity index (χ1v) is 7.43. The molecule has 1 saturated heterocycles. The van der Waals surface area contributed by atoms with Crippen LogP contribution in [0.5, 0.6) is 0 Å². The van der Waals surface area contributed by atoms with Crippen LogP contribution < -0.4 is 5.32 Å². The van der Waals surface area contributed by atoms with Crippen LogP contribution in [0.3, 0.4) is 0 Å². The van der Waals surface area contributed by atoms with Crippen molar-refractivity contribution in [2.45, 2.75) is 63.9 Å². The average molecular weight is 257 g/mol. The number of rotatable bonds is 8. The van der Waals surface area contributed by atoms with Crippen molar-refractivity contribution in [3.8, 4) is 0 Å². The highest BCUT2D eigenvalue weighted by Gasteiger charge is 2.43. The van der Waals surface area contributed by atoms with Crippen molar-refractivity contribution in [3.05, 3.63) is 0 Å². The molecule has 2 aliphatic rings. The Hall–Kier alpha value is -0.160. The first-order chi connectivity index (χ1) is 8.85. The number of ether oxygens (including phenoxy) is 3. The summed E-state index contributed by atoms with van der Waals surface area (Å²) in [6.45, 7) is 7.83. The van der Waals surface area contributed by atoms with Crippen molar-refractivity contribution in [2.75, 3.05) is 26.4 Å². The second-order valence-corrected chi connectivity index (χ2v) is 5.29. The van der Waals surface area contributed by atoms with Crippen LogP contribution in [0.25, 0.3) is 0 Å². The summed E-state index contributed by atoms with van der Waals surface area (Å²) in [4.78, 5) is 0. The lowest BCUT2D eigenvalue weighted by Gasteiger charge is -2.45. The van der Waals surface area contributed by atoms with Crippen molar-refractivity contribution in [3.63, 3.8) is 0 Å². The van der Waals surface area contributed by atoms with E-state index in [-0.39, 0.29) is 18.3 Å². The van der Waals surface area contributed by atoms with Gasteiger partial charge in [0.2, 0.25) is 0 Å². The maximum atomic E-state index is 6.08. The molecule has 1 heterocycles. The van der Waals surface area contributed by atoms with Gasteiger partial charge in [0.25, 0.3) is 0 Å². The summed E-state index contributed by atoms with van der Waals surface area (Å²) in [5.41, 5.74) is 0. The Morgan fingerprint density at radius 2 is 2.17 bits per heavy atom. The molecule has 0 aromatic carbocycles. The van der Waals surface area contributed by atoms with Crippen LogP contribution in [0.2, 0.25) is 0 Å². The highest BCUT2D eigenvalue weighted by molar-refractivity contribution is 4.98. The monoisotopic (exact) mass is 257 g/mol. The third-order valence-corrected chi connectivity index (χ3v) is 3.68. The minimum Gasteiger partial charge on any atom is -0.379 e. The topological polar surface area (TPSA) is 39.7 Å². The molecule has 0 radical (unpaired) electrons. The van der Waals surface area contributed by atoms with E-state index in [4.69, 9.17) is 14.2 Å². The summed E-state index contributed by atoms with van der Waals surface area (Å²) < 4.78 is 17.4. The summed E-state index contributed by atoms with van der Waals surface area (Å²) in [7, 11) is 0. The molecule has 4 atom stereocenters. The molecule has 0 spiro atoms. The predicted molar refractivity (Wildman–Crippen MR) is 70.8 cm³/mol. The Balaban J connectivity index is 1.74. The molecule has 1 N–H and O–H groups in total. The summed E-state index contributed by atoms with van der Waals surface area (Å²) in [5.74, 6) is 0. The Labute approximate surface area is 110 Å². The molecule has 18 heavy (non-hydrogen) atoms. The smallest absolute Gasteiger partial charge is 0.0990 e. The molecule has 1 aliphatic carbocycles. The van der Waals surface area contributed by atoms with E-state index in [1.54, 1.807) is 0 Å². The van der Waals surface area contributed by atoms with E-state index in [9.17, 15) is 0 Å². The molecule has 0 aromatic rings. The number of nitrogens with one attached hydrogen (secondary N) is 1. The molecule has 1 saturated carbocycles. The summed E-state index contributed by atoms with van der Waals surface area (Å²) in [5, 5.41) is 3.55. The SMILES string of the molecule is CCCNC1CC(OC2CCOC2)C1OCCC. The van der Waals surface area contributed by atoms with E-state index >= 15 is 0 Å². The third-order valence-electron chi connectivity index (χ3n) is 3.68. The number of hydrogen-bond donors (Lipinski definition) is 1. The molecule has 2 fully saturated rings. The Morgan fingerprint density at radius 3 is 2.83 bits per heavy atom. The number of hydrogen-bond acceptors (Lipinski definition) is 4. The van der Waals surface area contributed by atoms with Gasteiger partial charge in [-0.2, -0.15) is 0 Å². The van der Waals surface area contributed by atoms with Gasteiger partial charge in [0.15, 0.2) is 0 Å². The largest absolute Gasteiger partial charge is 0.379 e. The normalized spacial score (nSPS) is 35.7. The first-order valence-electron chi connectivity index (χ1n) is 7.43.